The van der Waals surface area contributed by atoms with Gasteiger partial charge >= 0.3 is 0 Å². The minimum atomic E-state index is 0.0303. The molecule has 0 radical (unpaired) electrons. The molecule has 0 spiro atoms. The van der Waals surface area contributed by atoms with Crippen LogP contribution in [-0.4, -0.2) is 18.3 Å². The molecule has 3 heteroatoms. The van der Waals surface area contributed by atoms with Crippen molar-refractivity contribution in [2.45, 2.75) is 32.6 Å². The van der Waals surface area contributed by atoms with Crippen LogP contribution in [0.1, 0.15) is 30.9 Å². The van der Waals surface area contributed by atoms with E-state index in [0.29, 0.717) is 6.54 Å². The van der Waals surface area contributed by atoms with Crippen LogP contribution in [0.15, 0.2) is 24.3 Å². The largest absolute Gasteiger partial charge is 0.356 e. The van der Waals surface area contributed by atoms with Crippen LogP contribution in [0.5, 0.6) is 0 Å². The number of carbonyl (C=O) groups excluding carboxylic acids is 1. The Hall–Kier alpha value is -1.02. The fraction of sp³-hybridized carbons (Fsp3) is 0.500. The van der Waals surface area contributed by atoms with Crippen LogP contribution in [0, 0.1) is 0 Å². The number of hydrogen-bond donors (Lipinski definition) is 1. The van der Waals surface area contributed by atoms with Gasteiger partial charge in [0.05, 0.1) is 0 Å². The van der Waals surface area contributed by atoms with E-state index in [1.807, 2.05) is 0 Å². The van der Waals surface area contributed by atoms with Crippen LogP contribution in [0.25, 0.3) is 0 Å². The van der Waals surface area contributed by atoms with Gasteiger partial charge in [0.1, 0.15) is 0 Å². The predicted octanol–water partition coefficient (Wildman–Crippen LogP) is 2.93. The second kappa shape index (κ2) is 8.13. The maximum atomic E-state index is 10.7. The number of unbranched alkanes of at least 4 members (excludes halogenated alkanes) is 1. The molecule has 0 fully saturated rings. The van der Waals surface area contributed by atoms with Gasteiger partial charge in [-0.05, 0) is 36.8 Å². The van der Waals surface area contributed by atoms with Crippen LogP contribution in [0.3, 0.4) is 0 Å². The molecule has 1 amide bonds. The fourth-order valence-corrected chi connectivity index (χ4v) is 1.87. The number of aryl methyl sites for hydroxylation is 1. The lowest BCUT2D eigenvalue weighted by Crippen LogP contribution is -2.22. The summed E-state index contributed by atoms with van der Waals surface area (Å²) < 4.78 is 0. The van der Waals surface area contributed by atoms with Gasteiger partial charge in [0, 0.05) is 19.3 Å². The highest BCUT2D eigenvalue weighted by Gasteiger charge is 1.96. The average Bonchev–Trinajstić information content (AvgIpc) is 2.31. The van der Waals surface area contributed by atoms with Crippen LogP contribution < -0.4 is 5.32 Å². The summed E-state index contributed by atoms with van der Waals surface area (Å²) in [7, 11) is 0. The molecule has 0 unspecified atom stereocenters. The van der Waals surface area contributed by atoms with Crippen LogP contribution in [0.2, 0.25) is 0 Å². The number of alkyl halides is 1. The van der Waals surface area contributed by atoms with E-state index in [4.69, 9.17) is 11.6 Å². The third kappa shape index (κ3) is 6.32. The van der Waals surface area contributed by atoms with Crippen molar-refractivity contribution >= 4 is 17.5 Å². The van der Waals surface area contributed by atoms with Gasteiger partial charge < -0.3 is 5.32 Å². The van der Waals surface area contributed by atoms with E-state index in [1.165, 1.54) is 11.1 Å². The number of nitrogens with one attached hydrogen (secondary N) is 1. The zero-order valence-electron chi connectivity index (χ0n) is 10.3. The van der Waals surface area contributed by atoms with Crippen molar-refractivity contribution in [1.29, 1.82) is 0 Å². The lowest BCUT2D eigenvalue weighted by atomic mass is 10.0. The quantitative estimate of drug-likeness (QED) is 0.588. The van der Waals surface area contributed by atoms with Gasteiger partial charge in [0.25, 0.3) is 0 Å². The molecule has 0 aromatic heterocycles. The summed E-state index contributed by atoms with van der Waals surface area (Å²) in [5.41, 5.74) is 2.62. The second-order valence-electron chi connectivity index (χ2n) is 4.20. The summed E-state index contributed by atoms with van der Waals surface area (Å²) in [6.45, 7) is 2.25. The lowest BCUT2D eigenvalue weighted by Gasteiger charge is -2.04. The number of rotatable bonds is 7. The molecule has 0 saturated carbocycles. The standard InChI is InChI=1S/C14H20ClNO/c1-12(17)16-11-9-14-7-5-13(6-8-14)4-2-3-10-15/h5-8H,2-4,9-11H2,1H3,(H,16,17). The molecule has 0 heterocycles. The van der Waals surface area contributed by atoms with Gasteiger partial charge in [-0.1, -0.05) is 24.3 Å². The third-order valence-corrected chi connectivity index (χ3v) is 2.93. The Kier molecular flexibility index (Phi) is 6.71. The number of halogens is 1. The van der Waals surface area contributed by atoms with Crippen molar-refractivity contribution in [3.05, 3.63) is 35.4 Å². The van der Waals surface area contributed by atoms with Crippen LogP contribution >= 0.6 is 11.6 Å². The Morgan fingerprint density at radius 3 is 2.24 bits per heavy atom. The summed E-state index contributed by atoms with van der Waals surface area (Å²) in [6, 6.07) is 8.60. The van der Waals surface area contributed by atoms with Gasteiger partial charge in [-0.2, -0.15) is 0 Å². The van der Waals surface area contributed by atoms with E-state index in [-0.39, 0.29) is 5.91 Å². The van der Waals surface area contributed by atoms with E-state index < -0.39 is 0 Å². The fourth-order valence-electron chi connectivity index (χ4n) is 1.68. The molecule has 1 rings (SSSR count). The molecule has 0 aliphatic heterocycles. The zero-order chi connectivity index (χ0) is 12.5. The van der Waals surface area contributed by atoms with E-state index in [2.05, 4.69) is 29.6 Å². The molecule has 2 nitrogen and oxygen atoms in total. The number of benzene rings is 1. The van der Waals surface area contributed by atoms with Crippen molar-refractivity contribution < 1.29 is 4.79 Å². The van der Waals surface area contributed by atoms with Gasteiger partial charge in [0.2, 0.25) is 5.91 Å². The molecule has 0 aliphatic carbocycles. The molecule has 1 N–H and O–H groups in total. The smallest absolute Gasteiger partial charge is 0.216 e. The molecule has 1 aromatic carbocycles. The molecule has 0 aliphatic rings. The molecule has 94 valence electrons. The Labute approximate surface area is 108 Å². The van der Waals surface area contributed by atoms with E-state index in [0.717, 1.165) is 31.6 Å². The minimum Gasteiger partial charge on any atom is -0.356 e. The second-order valence-corrected chi connectivity index (χ2v) is 4.57. The zero-order valence-corrected chi connectivity index (χ0v) is 11.1. The predicted molar refractivity (Wildman–Crippen MR) is 72.5 cm³/mol. The normalized spacial score (nSPS) is 10.2. The first-order valence-electron chi connectivity index (χ1n) is 6.10. The summed E-state index contributed by atoms with van der Waals surface area (Å²) >= 11 is 5.64. The van der Waals surface area contributed by atoms with E-state index >= 15 is 0 Å². The van der Waals surface area contributed by atoms with Crippen molar-refractivity contribution in [2.75, 3.05) is 12.4 Å². The summed E-state index contributed by atoms with van der Waals surface area (Å²) in [4.78, 5) is 10.7. The topological polar surface area (TPSA) is 29.1 Å². The van der Waals surface area contributed by atoms with Gasteiger partial charge in [0.15, 0.2) is 0 Å². The maximum absolute atomic E-state index is 10.7. The lowest BCUT2D eigenvalue weighted by molar-refractivity contribution is -0.118. The first kappa shape index (κ1) is 14.0. The Bertz CT molecular complexity index is 335. The van der Waals surface area contributed by atoms with E-state index in [9.17, 15) is 4.79 Å². The highest BCUT2D eigenvalue weighted by atomic mass is 35.5. The highest BCUT2D eigenvalue weighted by molar-refractivity contribution is 6.17. The monoisotopic (exact) mass is 253 g/mol. The SMILES string of the molecule is CC(=O)NCCc1ccc(CCCCCl)cc1. The highest BCUT2D eigenvalue weighted by Crippen LogP contribution is 2.08. The minimum absolute atomic E-state index is 0.0303. The number of carbonyl (C=O) groups is 1. The summed E-state index contributed by atoms with van der Waals surface area (Å²) in [6.07, 6.45) is 4.21. The Morgan fingerprint density at radius 2 is 1.71 bits per heavy atom. The Balaban J connectivity index is 2.31. The van der Waals surface area contributed by atoms with Gasteiger partial charge in [-0.15, -0.1) is 11.6 Å². The molecule has 0 atom stereocenters. The molecular weight excluding hydrogens is 234 g/mol. The molecule has 1 aromatic rings. The number of amides is 1. The molecule has 0 bridgehead atoms. The number of hydrogen-bond acceptors (Lipinski definition) is 1. The third-order valence-electron chi connectivity index (χ3n) is 2.66. The molecule has 0 saturated heterocycles. The first-order valence-corrected chi connectivity index (χ1v) is 6.64. The van der Waals surface area contributed by atoms with Gasteiger partial charge in [-0.3, -0.25) is 4.79 Å². The van der Waals surface area contributed by atoms with Crippen LogP contribution in [-0.2, 0) is 17.6 Å². The van der Waals surface area contributed by atoms with Crippen molar-refractivity contribution in [1.82, 2.24) is 5.32 Å². The van der Waals surface area contributed by atoms with Crippen molar-refractivity contribution in [3.8, 4) is 0 Å². The average molecular weight is 254 g/mol. The van der Waals surface area contributed by atoms with Crippen molar-refractivity contribution in [2.24, 2.45) is 0 Å². The first-order chi connectivity index (χ1) is 8.22. The Morgan fingerprint density at radius 1 is 1.12 bits per heavy atom. The van der Waals surface area contributed by atoms with Gasteiger partial charge in [-0.25, -0.2) is 0 Å². The van der Waals surface area contributed by atoms with Crippen LogP contribution in [0.4, 0.5) is 0 Å². The van der Waals surface area contributed by atoms with Crippen molar-refractivity contribution in [3.63, 3.8) is 0 Å². The summed E-state index contributed by atoms with van der Waals surface area (Å²) in [5.74, 6) is 0.775. The molecule has 17 heavy (non-hydrogen) atoms. The van der Waals surface area contributed by atoms with E-state index in [1.54, 1.807) is 6.92 Å². The molecular formula is C14H20ClNO. The summed E-state index contributed by atoms with van der Waals surface area (Å²) in [5, 5.41) is 2.80. The maximum Gasteiger partial charge on any atom is 0.216 e.